The number of likely N-dealkylation sites (tertiary alicyclic amines) is 1. The number of fused-ring (bicyclic) bond motifs is 2. The number of rotatable bonds is 9. The van der Waals surface area contributed by atoms with E-state index in [1.807, 2.05) is 18.2 Å². The smallest absolute Gasteiger partial charge is 0.333 e. The number of nitrogens with one attached hydrogen (secondary N) is 2. The van der Waals surface area contributed by atoms with Crippen LogP contribution in [0, 0.1) is 23.1 Å². The number of halogens is 3. The van der Waals surface area contributed by atoms with E-state index < -0.39 is 52.5 Å². The molecule has 2 fully saturated rings. The van der Waals surface area contributed by atoms with E-state index in [2.05, 4.69) is 36.3 Å². The largest absolute Gasteiger partial charge is 0.501 e. The highest BCUT2D eigenvalue weighted by molar-refractivity contribution is 6.31. The standard InChI is InChI=1S/C39H46Cl2FN3O6/c1-37(2,3)19-30-39(21-43-29-17-24(40)14-15-27(29)39)31(26-8-5-9-28(41)32(26)42)33(45(30)20-22-10-12-23(13-11-22)35(47)48)34(46)44-38(36(49)50)16-6-7-25(18-38)51-4/h5-9,14-17,22-23,30-31,33,43H,10-13,18-21H2,1-4H3,(H,44,46)(H,47,48)(H,49,50)/t22?,23?,30-,31-,33+,38?,39-/m0/s1. The molecule has 6 rings (SSSR count). The summed E-state index contributed by atoms with van der Waals surface area (Å²) in [6, 6.07) is 9.09. The van der Waals surface area contributed by atoms with Crippen LogP contribution in [0.2, 0.25) is 10.0 Å². The Hall–Kier alpha value is -3.60. The Labute approximate surface area is 308 Å². The lowest BCUT2D eigenvalue weighted by Gasteiger charge is -2.42. The third-order valence-corrected chi connectivity index (χ3v) is 12.0. The maximum Gasteiger partial charge on any atom is 0.333 e. The number of carboxylic acid groups (broad SMARTS) is 2. The molecule has 2 heterocycles. The molecule has 1 amide bonds. The average Bonchev–Trinajstić information content (AvgIpc) is 3.57. The van der Waals surface area contributed by atoms with Gasteiger partial charge in [-0.05, 0) is 84.9 Å². The summed E-state index contributed by atoms with van der Waals surface area (Å²) in [6.07, 6.45) is 7.53. The molecule has 12 heteroatoms. The van der Waals surface area contributed by atoms with E-state index >= 15 is 9.18 Å². The first-order valence-electron chi connectivity index (χ1n) is 17.5. The summed E-state index contributed by atoms with van der Waals surface area (Å²) < 4.78 is 22.0. The minimum atomic E-state index is -1.81. The second kappa shape index (κ2) is 14.1. The Morgan fingerprint density at radius 1 is 1.10 bits per heavy atom. The minimum absolute atomic E-state index is 0.0588. The van der Waals surface area contributed by atoms with E-state index in [0.29, 0.717) is 56.0 Å². The van der Waals surface area contributed by atoms with Gasteiger partial charge in [0.2, 0.25) is 5.91 Å². The molecular weight excluding hydrogens is 696 g/mol. The van der Waals surface area contributed by atoms with Gasteiger partial charge >= 0.3 is 11.9 Å². The Morgan fingerprint density at radius 2 is 1.82 bits per heavy atom. The van der Waals surface area contributed by atoms with Crippen molar-refractivity contribution in [2.24, 2.45) is 17.3 Å². The number of ether oxygens (including phenoxy) is 1. The van der Waals surface area contributed by atoms with Crippen LogP contribution in [0.4, 0.5) is 10.1 Å². The van der Waals surface area contributed by atoms with Gasteiger partial charge in [0.15, 0.2) is 5.54 Å². The quantitative estimate of drug-likeness (QED) is 0.210. The topological polar surface area (TPSA) is 128 Å². The van der Waals surface area contributed by atoms with Crippen LogP contribution in [0.5, 0.6) is 0 Å². The summed E-state index contributed by atoms with van der Waals surface area (Å²) in [7, 11) is 1.45. The van der Waals surface area contributed by atoms with Crippen molar-refractivity contribution in [1.82, 2.24) is 10.2 Å². The highest BCUT2D eigenvalue weighted by Crippen LogP contribution is 2.60. The number of aliphatic carboxylic acids is 2. The lowest BCUT2D eigenvalue weighted by molar-refractivity contribution is -0.147. The minimum Gasteiger partial charge on any atom is -0.501 e. The molecule has 2 aliphatic heterocycles. The highest BCUT2D eigenvalue weighted by Gasteiger charge is 2.65. The lowest BCUT2D eigenvalue weighted by atomic mass is 9.63. The Bertz CT molecular complexity index is 1770. The molecule has 1 saturated heterocycles. The number of carboxylic acids is 2. The van der Waals surface area contributed by atoms with Gasteiger partial charge in [-0.1, -0.05) is 68.2 Å². The first-order valence-corrected chi connectivity index (χ1v) is 18.3. The van der Waals surface area contributed by atoms with Crippen LogP contribution in [-0.4, -0.2) is 70.8 Å². The summed E-state index contributed by atoms with van der Waals surface area (Å²) >= 11 is 13.0. The molecule has 9 nitrogen and oxygen atoms in total. The fourth-order valence-electron chi connectivity index (χ4n) is 9.10. The van der Waals surface area contributed by atoms with Crippen LogP contribution >= 0.6 is 23.2 Å². The number of benzene rings is 2. The summed E-state index contributed by atoms with van der Waals surface area (Å²) in [6.45, 7) is 7.21. The Morgan fingerprint density at radius 3 is 2.47 bits per heavy atom. The van der Waals surface area contributed by atoms with Gasteiger partial charge in [-0.25, -0.2) is 9.18 Å². The highest BCUT2D eigenvalue weighted by atomic mass is 35.5. The number of allylic oxidation sites excluding steroid dienone is 2. The summed E-state index contributed by atoms with van der Waals surface area (Å²) in [5, 5.41) is 27.3. The molecular formula is C39H46Cl2FN3O6. The molecule has 1 unspecified atom stereocenters. The molecule has 2 aliphatic carbocycles. The molecule has 274 valence electrons. The number of carbonyl (C=O) groups excluding carboxylic acids is 1. The van der Waals surface area contributed by atoms with Crippen molar-refractivity contribution in [2.45, 2.75) is 88.3 Å². The molecule has 1 saturated carbocycles. The number of carbonyl (C=O) groups is 3. The van der Waals surface area contributed by atoms with Crippen LogP contribution < -0.4 is 10.6 Å². The van der Waals surface area contributed by atoms with Gasteiger partial charge in [0.25, 0.3) is 0 Å². The van der Waals surface area contributed by atoms with Crippen LogP contribution in [0.1, 0.15) is 76.3 Å². The monoisotopic (exact) mass is 741 g/mol. The number of hydrogen-bond donors (Lipinski definition) is 4. The van der Waals surface area contributed by atoms with Gasteiger partial charge in [0.1, 0.15) is 5.82 Å². The van der Waals surface area contributed by atoms with Gasteiger partial charge in [-0.3, -0.25) is 14.5 Å². The molecule has 1 spiro atoms. The van der Waals surface area contributed by atoms with E-state index in [0.717, 1.165) is 11.3 Å². The maximum absolute atomic E-state index is 16.6. The zero-order chi connectivity index (χ0) is 36.9. The summed E-state index contributed by atoms with van der Waals surface area (Å²) in [5.41, 5.74) is -0.977. The van der Waals surface area contributed by atoms with Crippen molar-refractivity contribution in [3.8, 4) is 0 Å². The molecule has 0 radical (unpaired) electrons. The number of anilines is 1. The number of methoxy groups -OCH3 is 1. The van der Waals surface area contributed by atoms with E-state index in [9.17, 15) is 19.8 Å². The average molecular weight is 743 g/mol. The Balaban J connectivity index is 1.56. The number of amides is 1. The van der Waals surface area contributed by atoms with Crippen LogP contribution in [-0.2, 0) is 24.5 Å². The second-order valence-electron chi connectivity index (χ2n) is 15.8. The zero-order valence-electron chi connectivity index (χ0n) is 29.3. The number of nitrogens with zero attached hydrogens (tertiary/aromatic N) is 1. The summed E-state index contributed by atoms with van der Waals surface area (Å²) in [4.78, 5) is 42.3. The molecule has 4 N–H and O–H groups in total. The molecule has 2 aromatic carbocycles. The number of hydrogen-bond acceptors (Lipinski definition) is 6. The van der Waals surface area contributed by atoms with Crippen molar-refractivity contribution in [2.75, 3.05) is 25.5 Å². The predicted octanol–water partition coefficient (Wildman–Crippen LogP) is 7.39. The second-order valence-corrected chi connectivity index (χ2v) is 16.7. The van der Waals surface area contributed by atoms with Gasteiger partial charge in [-0.15, -0.1) is 0 Å². The van der Waals surface area contributed by atoms with Crippen molar-refractivity contribution in [1.29, 1.82) is 0 Å². The normalized spacial score (nSPS) is 30.4. The van der Waals surface area contributed by atoms with Crippen LogP contribution in [0.3, 0.4) is 0 Å². The SMILES string of the molecule is COC1=CC=CC(NC(=O)[C@H]2[C@H](c3cccc(Cl)c3F)[C@]3(CNc4cc(Cl)ccc43)[C@H](CC(C)(C)C)N2CC2CCC(C(=O)O)CC2)(C(=O)O)C1. The van der Waals surface area contributed by atoms with Gasteiger partial charge in [-0.2, -0.15) is 0 Å². The van der Waals surface area contributed by atoms with Gasteiger partial charge in [0, 0.05) is 47.6 Å². The first kappa shape index (κ1) is 37.2. The van der Waals surface area contributed by atoms with Crippen molar-refractivity contribution in [3.05, 3.63) is 87.4 Å². The van der Waals surface area contributed by atoms with Gasteiger partial charge in [0.05, 0.1) is 29.9 Å². The third-order valence-electron chi connectivity index (χ3n) is 11.4. The fraction of sp³-hybridized carbons (Fsp3) is 0.513. The summed E-state index contributed by atoms with van der Waals surface area (Å²) in [5.74, 6) is -4.02. The van der Waals surface area contributed by atoms with Crippen LogP contribution in [0.15, 0.2) is 60.4 Å². The molecule has 5 atom stereocenters. The fourth-order valence-corrected chi connectivity index (χ4v) is 9.46. The molecule has 51 heavy (non-hydrogen) atoms. The molecule has 4 aliphatic rings. The molecule has 2 aromatic rings. The Kier molecular flexibility index (Phi) is 10.3. The van der Waals surface area contributed by atoms with E-state index in [-0.39, 0.29) is 34.4 Å². The van der Waals surface area contributed by atoms with Crippen molar-refractivity contribution < 1.29 is 33.7 Å². The third kappa shape index (κ3) is 6.87. The predicted molar refractivity (Wildman–Crippen MR) is 195 cm³/mol. The first-order chi connectivity index (χ1) is 24.1. The molecule has 0 aromatic heterocycles. The lowest BCUT2D eigenvalue weighted by Crippen LogP contribution is -2.59. The van der Waals surface area contributed by atoms with Crippen molar-refractivity contribution >= 4 is 46.7 Å². The van der Waals surface area contributed by atoms with Crippen LogP contribution in [0.25, 0.3) is 0 Å². The zero-order valence-corrected chi connectivity index (χ0v) is 30.9. The van der Waals surface area contributed by atoms with E-state index in [1.165, 1.54) is 19.3 Å². The van der Waals surface area contributed by atoms with E-state index in [4.69, 9.17) is 27.9 Å². The van der Waals surface area contributed by atoms with Crippen molar-refractivity contribution in [3.63, 3.8) is 0 Å². The molecule has 0 bridgehead atoms. The maximum atomic E-state index is 16.6. The van der Waals surface area contributed by atoms with E-state index in [1.54, 1.807) is 24.3 Å². The van der Waals surface area contributed by atoms with Gasteiger partial charge < -0.3 is 25.6 Å².